The molecule has 0 spiro atoms. The number of carbonyl (C=O) groups excluding carboxylic acids is 1. The second kappa shape index (κ2) is 5.06. The van der Waals surface area contributed by atoms with Gasteiger partial charge in [0.1, 0.15) is 6.07 Å². The van der Waals surface area contributed by atoms with E-state index in [1.54, 1.807) is 6.92 Å². The summed E-state index contributed by atoms with van der Waals surface area (Å²) in [4.78, 5) is 11.8. The van der Waals surface area contributed by atoms with Crippen molar-refractivity contribution >= 4 is 30.2 Å². The normalized spacial score (nSPS) is 9.47. The molecule has 0 unspecified atom stereocenters. The first-order valence-electron chi connectivity index (χ1n) is 4.19. The van der Waals surface area contributed by atoms with Crippen LogP contribution in [0.5, 0.6) is 0 Å². The quantitative estimate of drug-likeness (QED) is 0.640. The van der Waals surface area contributed by atoms with E-state index in [1.807, 2.05) is 6.07 Å². The molecule has 0 bridgehead atoms. The van der Waals surface area contributed by atoms with Crippen molar-refractivity contribution < 1.29 is 9.53 Å². The van der Waals surface area contributed by atoms with Gasteiger partial charge in [0.25, 0.3) is 0 Å². The van der Waals surface area contributed by atoms with Gasteiger partial charge in [0.2, 0.25) is 0 Å². The molecule has 78 valence electrons. The predicted octanol–water partition coefficient (Wildman–Crippen LogP) is 2.68. The van der Waals surface area contributed by atoms with Crippen LogP contribution in [0.4, 0.5) is 0 Å². The van der Waals surface area contributed by atoms with Crippen LogP contribution < -0.4 is 0 Å². The van der Waals surface area contributed by atoms with E-state index < -0.39 is 5.97 Å². The number of esters is 1. The molecule has 0 aliphatic rings. The minimum absolute atomic E-state index is 0.215. The van der Waals surface area contributed by atoms with Crippen molar-refractivity contribution in [3.8, 4) is 6.07 Å². The van der Waals surface area contributed by atoms with Crippen LogP contribution in [0.25, 0.3) is 0 Å². The lowest BCUT2D eigenvalue weighted by molar-refractivity contribution is 0.0526. The van der Waals surface area contributed by atoms with Gasteiger partial charge in [-0.15, -0.1) is 12.6 Å². The molecule has 3 nitrogen and oxygen atoms in total. The highest BCUT2D eigenvalue weighted by atomic mass is 35.5. The predicted molar refractivity (Wildman–Crippen MR) is 59.4 cm³/mol. The number of nitrogens with zero attached hydrogens (tertiary/aromatic N) is 1. The summed E-state index contributed by atoms with van der Waals surface area (Å²) < 4.78 is 4.80. The standard InChI is InChI=1S/C10H8ClNO2S/c1-2-14-10(13)6-3-7(5-12)9(11)8(15)4-6/h3-4,15H,2H2,1H3. The third-order valence-electron chi connectivity index (χ3n) is 1.68. The van der Waals surface area contributed by atoms with Crippen molar-refractivity contribution in [3.05, 3.63) is 28.3 Å². The summed E-state index contributed by atoms with van der Waals surface area (Å²) in [7, 11) is 0. The molecule has 0 N–H and O–H groups in total. The zero-order valence-corrected chi connectivity index (χ0v) is 9.60. The maximum atomic E-state index is 11.4. The molecule has 0 aromatic heterocycles. The number of carbonyl (C=O) groups is 1. The fourth-order valence-electron chi connectivity index (χ4n) is 1.02. The lowest BCUT2D eigenvalue weighted by Gasteiger charge is -2.05. The second-order valence-corrected chi connectivity index (χ2v) is 3.55. The largest absolute Gasteiger partial charge is 0.462 e. The molecule has 0 fully saturated rings. The molecular weight excluding hydrogens is 234 g/mol. The Morgan fingerprint density at radius 2 is 2.33 bits per heavy atom. The highest BCUT2D eigenvalue weighted by Crippen LogP contribution is 2.25. The Balaban J connectivity index is 3.18. The van der Waals surface area contributed by atoms with Crippen molar-refractivity contribution in [1.29, 1.82) is 5.26 Å². The van der Waals surface area contributed by atoms with Crippen molar-refractivity contribution in [1.82, 2.24) is 0 Å². The maximum absolute atomic E-state index is 11.4. The van der Waals surface area contributed by atoms with Crippen LogP contribution in [-0.4, -0.2) is 12.6 Å². The van der Waals surface area contributed by atoms with Crippen LogP contribution in [0.1, 0.15) is 22.8 Å². The smallest absolute Gasteiger partial charge is 0.338 e. The number of thiol groups is 1. The summed E-state index contributed by atoms with van der Waals surface area (Å²) in [5.41, 5.74) is 0.495. The van der Waals surface area contributed by atoms with Gasteiger partial charge in [0, 0.05) is 4.90 Å². The molecule has 1 aromatic carbocycles. The van der Waals surface area contributed by atoms with Crippen molar-refractivity contribution in [3.63, 3.8) is 0 Å². The van der Waals surface area contributed by atoms with Gasteiger partial charge in [-0.2, -0.15) is 5.26 Å². The van der Waals surface area contributed by atoms with E-state index in [0.29, 0.717) is 4.90 Å². The zero-order valence-electron chi connectivity index (χ0n) is 7.95. The number of halogens is 1. The number of benzene rings is 1. The fraction of sp³-hybridized carbons (Fsp3) is 0.200. The molecule has 0 aliphatic heterocycles. The molecule has 0 saturated heterocycles. The lowest BCUT2D eigenvalue weighted by atomic mass is 10.1. The van der Waals surface area contributed by atoms with Crippen LogP contribution >= 0.6 is 24.2 Å². The topological polar surface area (TPSA) is 50.1 Å². The first-order valence-corrected chi connectivity index (χ1v) is 5.02. The van der Waals surface area contributed by atoms with E-state index >= 15 is 0 Å². The van der Waals surface area contributed by atoms with Gasteiger partial charge in [0.05, 0.1) is 22.8 Å². The molecule has 0 saturated carbocycles. The Labute approximate surface area is 98.0 Å². The minimum atomic E-state index is -0.485. The lowest BCUT2D eigenvalue weighted by Crippen LogP contribution is -2.05. The first kappa shape index (κ1) is 11.9. The summed E-state index contributed by atoms with van der Waals surface area (Å²) in [5.74, 6) is -0.485. The number of hydrogen-bond donors (Lipinski definition) is 1. The summed E-state index contributed by atoms with van der Waals surface area (Å²) in [5, 5.41) is 9.00. The van der Waals surface area contributed by atoms with Crippen molar-refractivity contribution in [2.24, 2.45) is 0 Å². The van der Waals surface area contributed by atoms with Crippen molar-refractivity contribution in [2.45, 2.75) is 11.8 Å². The average Bonchev–Trinajstić information content (AvgIpc) is 2.22. The Kier molecular flexibility index (Phi) is 4.01. The number of nitriles is 1. The number of ether oxygens (including phenoxy) is 1. The van der Waals surface area contributed by atoms with Crippen LogP contribution in [0.2, 0.25) is 5.02 Å². The monoisotopic (exact) mass is 241 g/mol. The maximum Gasteiger partial charge on any atom is 0.338 e. The molecule has 0 aliphatic carbocycles. The summed E-state index contributed by atoms with van der Waals surface area (Å²) in [6, 6.07) is 4.75. The van der Waals surface area contributed by atoms with Crippen LogP contribution in [0, 0.1) is 11.3 Å². The minimum Gasteiger partial charge on any atom is -0.462 e. The van der Waals surface area contributed by atoms with Gasteiger partial charge in [-0.25, -0.2) is 4.79 Å². The molecular formula is C10H8ClNO2S. The van der Waals surface area contributed by atoms with Crippen LogP contribution in [0.15, 0.2) is 17.0 Å². The summed E-state index contributed by atoms with van der Waals surface area (Å²) in [6.07, 6.45) is 0. The average molecular weight is 242 g/mol. The van der Waals surface area contributed by atoms with E-state index in [2.05, 4.69) is 12.6 Å². The Morgan fingerprint density at radius 3 is 2.87 bits per heavy atom. The molecule has 0 heterocycles. The van der Waals surface area contributed by atoms with Gasteiger partial charge in [0.15, 0.2) is 0 Å². The molecule has 1 rings (SSSR count). The van der Waals surface area contributed by atoms with Crippen molar-refractivity contribution in [2.75, 3.05) is 6.61 Å². The molecule has 0 radical (unpaired) electrons. The van der Waals surface area contributed by atoms with E-state index in [4.69, 9.17) is 21.6 Å². The van der Waals surface area contributed by atoms with Gasteiger partial charge in [-0.05, 0) is 19.1 Å². The SMILES string of the molecule is CCOC(=O)c1cc(S)c(Cl)c(C#N)c1. The number of rotatable bonds is 2. The summed E-state index contributed by atoms with van der Waals surface area (Å²) >= 11 is 9.86. The molecule has 15 heavy (non-hydrogen) atoms. The zero-order chi connectivity index (χ0) is 11.4. The van der Waals surface area contributed by atoms with Gasteiger partial charge in [-0.1, -0.05) is 11.6 Å². The fourth-order valence-corrected chi connectivity index (χ4v) is 1.43. The van der Waals surface area contributed by atoms with Crippen LogP contribution in [0.3, 0.4) is 0 Å². The molecule has 1 aromatic rings. The summed E-state index contributed by atoms with van der Waals surface area (Å²) in [6.45, 7) is 1.99. The number of hydrogen-bond acceptors (Lipinski definition) is 4. The van der Waals surface area contributed by atoms with Gasteiger partial charge < -0.3 is 4.74 Å². The van der Waals surface area contributed by atoms with Gasteiger partial charge in [-0.3, -0.25) is 0 Å². The first-order chi connectivity index (χ1) is 7.10. The third-order valence-corrected chi connectivity index (χ3v) is 2.58. The van der Waals surface area contributed by atoms with Gasteiger partial charge >= 0.3 is 5.97 Å². The Hall–Kier alpha value is -1.18. The highest BCUT2D eigenvalue weighted by molar-refractivity contribution is 7.80. The van der Waals surface area contributed by atoms with E-state index in [1.165, 1.54) is 12.1 Å². The van der Waals surface area contributed by atoms with E-state index in [-0.39, 0.29) is 22.8 Å². The molecule has 0 atom stereocenters. The van der Waals surface area contributed by atoms with Crippen LogP contribution in [-0.2, 0) is 4.74 Å². The Morgan fingerprint density at radius 1 is 1.67 bits per heavy atom. The third kappa shape index (κ3) is 2.65. The van der Waals surface area contributed by atoms with E-state index in [9.17, 15) is 4.79 Å². The molecule has 5 heteroatoms. The molecule has 0 amide bonds. The van der Waals surface area contributed by atoms with E-state index in [0.717, 1.165) is 0 Å². The Bertz CT molecular complexity index is 440. The second-order valence-electron chi connectivity index (χ2n) is 2.69. The highest BCUT2D eigenvalue weighted by Gasteiger charge is 2.12.